The Morgan fingerprint density at radius 3 is 1.46 bits per heavy atom. The summed E-state index contributed by atoms with van der Waals surface area (Å²) in [5, 5.41) is 0. The predicted octanol–water partition coefficient (Wildman–Crippen LogP) is 1.59. The van der Waals surface area contributed by atoms with Crippen molar-refractivity contribution in [1.82, 2.24) is 8.86 Å². The van der Waals surface area contributed by atoms with Crippen LogP contribution in [0.2, 0.25) is 0 Å². The zero-order valence-electron chi connectivity index (χ0n) is 8.82. The molecule has 0 rings (SSSR count). The van der Waals surface area contributed by atoms with Gasteiger partial charge >= 0.3 is 85.3 Å². The van der Waals surface area contributed by atoms with Gasteiger partial charge in [-0.25, -0.2) is 0 Å². The molecule has 0 fully saturated rings. The Hall–Kier alpha value is 0.560. The van der Waals surface area contributed by atoms with Crippen LogP contribution >= 0.6 is 19.8 Å². The van der Waals surface area contributed by atoms with E-state index in [2.05, 4.69) is 0 Å². The van der Waals surface area contributed by atoms with Crippen LogP contribution in [0.5, 0.6) is 0 Å². The van der Waals surface area contributed by atoms with E-state index in [-0.39, 0.29) is 12.1 Å². The number of rotatable bonds is 4. The predicted molar refractivity (Wildman–Crippen MR) is 58.5 cm³/mol. The molecule has 0 saturated carbocycles. The molecule has 0 atom stereocenters. The maximum absolute atomic E-state index is 9.81. The third kappa shape index (κ3) is 3.31. The van der Waals surface area contributed by atoms with Gasteiger partial charge in [0.25, 0.3) is 0 Å². The summed E-state index contributed by atoms with van der Waals surface area (Å²) in [5.41, 5.74) is 0. The van der Waals surface area contributed by atoms with Crippen molar-refractivity contribution in [1.29, 1.82) is 0 Å². The van der Waals surface area contributed by atoms with Crippen LogP contribution < -0.4 is 0 Å². The third-order valence-corrected chi connectivity index (χ3v) is 5.11. The van der Waals surface area contributed by atoms with E-state index in [1.54, 1.807) is 4.67 Å². The Balaban J connectivity index is 4.73. The van der Waals surface area contributed by atoms with Gasteiger partial charge in [0.15, 0.2) is 0 Å². The first-order valence-corrected chi connectivity index (χ1v) is 6.46. The molecule has 0 aliphatic rings. The molecule has 0 heterocycles. The summed E-state index contributed by atoms with van der Waals surface area (Å²) in [6, 6.07) is 0.116. The molecule has 82 valence electrons. The summed E-state index contributed by atoms with van der Waals surface area (Å²) in [4.78, 5) is 19.6. The maximum atomic E-state index is 9.81. The zero-order valence-corrected chi connectivity index (χ0v) is 10.6. The standard InChI is InChI=1S/C7H20ClN2O2P/c1-6(2)10(7(3)4)13(11,12)9(5)8/h6-7,11-13H,1-5H3. The van der Waals surface area contributed by atoms with Crippen LogP contribution in [0.15, 0.2) is 0 Å². The van der Waals surface area contributed by atoms with Crippen molar-refractivity contribution >= 4 is 19.8 Å². The average molecular weight is 231 g/mol. The normalized spacial score (nSPS) is 15.1. The zero-order chi connectivity index (χ0) is 10.8. The summed E-state index contributed by atoms with van der Waals surface area (Å²) in [7, 11) is -2.14. The molecule has 0 aromatic heterocycles. The fourth-order valence-corrected chi connectivity index (χ4v) is 3.41. The quantitative estimate of drug-likeness (QED) is 0.569. The van der Waals surface area contributed by atoms with Crippen LogP contribution in [0.4, 0.5) is 0 Å². The summed E-state index contributed by atoms with van der Waals surface area (Å²) >= 11 is 5.61. The van der Waals surface area contributed by atoms with Crippen LogP contribution in [0, 0.1) is 0 Å². The number of nitrogens with zero attached hydrogens (tertiary/aromatic N) is 2. The van der Waals surface area contributed by atoms with Gasteiger partial charge in [-0.05, 0) is 0 Å². The molecule has 0 aromatic rings. The van der Waals surface area contributed by atoms with Crippen molar-refractivity contribution in [2.24, 2.45) is 0 Å². The second-order valence-electron chi connectivity index (χ2n) is 3.67. The van der Waals surface area contributed by atoms with Crippen molar-refractivity contribution < 1.29 is 9.79 Å². The third-order valence-electron chi connectivity index (χ3n) is 1.87. The van der Waals surface area contributed by atoms with Gasteiger partial charge in [0.05, 0.1) is 0 Å². The van der Waals surface area contributed by atoms with Crippen LogP contribution in [-0.2, 0) is 0 Å². The Morgan fingerprint density at radius 2 is 1.38 bits per heavy atom. The first kappa shape index (κ1) is 13.6. The van der Waals surface area contributed by atoms with E-state index in [1.165, 1.54) is 7.05 Å². The molecule has 0 amide bonds. The van der Waals surface area contributed by atoms with Crippen molar-refractivity contribution in [3.63, 3.8) is 0 Å². The van der Waals surface area contributed by atoms with Crippen LogP contribution in [-0.4, -0.2) is 37.8 Å². The van der Waals surface area contributed by atoms with Crippen LogP contribution in [0.25, 0.3) is 0 Å². The van der Waals surface area contributed by atoms with Crippen LogP contribution in [0.1, 0.15) is 27.7 Å². The van der Waals surface area contributed by atoms with Gasteiger partial charge < -0.3 is 0 Å². The molecule has 0 bridgehead atoms. The Bertz CT molecular complexity index is 157. The van der Waals surface area contributed by atoms with E-state index in [0.717, 1.165) is 4.19 Å². The average Bonchev–Trinajstić information content (AvgIpc) is 1.82. The molecule has 6 heteroatoms. The molecule has 0 aromatic carbocycles. The molecule has 0 radical (unpaired) electrons. The second kappa shape index (κ2) is 4.87. The fraction of sp³-hybridized carbons (Fsp3) is 1.00. The number of hydrogen-bond donors (Lipinski definition) is 2. The molecule has 2 N–H and O–H groups in total. The minimum atomic E-state index is -3.60. The van der Waals surface area contributed by atoms with Crippen molar-refractivity contribution in [3.05, 3.63) is 0 Å². The van der Waals surface area contributed by atoms with Gasteiger partial charge in [0.2, 0.25) is 0 Å². The van der Waals surface area contributed by atoms with E-state index >= 15 is 0 Å². The first-order valence-electron chi connectivity index (χ1n) is 4.34. The summed E-state index contributed by atoms with van der Waals surface area (Å²) < 4.78 is 2.63. The van der Waals surface area contributed by atoms with Gasteiger partial charge in [-0.1, -0.05) is 0 Å². The van der Waals surface area contributed by atoms with E-state index < -0.39 is 8.02 Å². The van der Waals surface area contributed by atoms with E-state index in [0.29, 0.717) is 0 Å². The molecule has 13 heavy (non-hydrogen) atoms. The van der Waals surface area contributed by atoms with E-state index in [4.69, 9.17) is 11.8 Å². The molecule has 4 nitrogen and oxygen atoms in total. The molecule has 0 unspecified atom stereocenters. The molecule has 0 aliphatic carbocycles. The van der Waals surface area contributed by atoms with Gasteiger partial charge in [0.1, 0.15) is 0 Å². The Kier molecular flexibility index (Phi) is 5.08. The van der Waals surface area contributed by atoms with E-state index in [1.807, 2.05) is 27.7 Å². The fourth-order valence-electron chi connectivity index (χ4n) is 1.45. The minimum absolute atomic E-state index is 0.0582. The Labute approximate surface area is 85.8 Å². The molecular formula is C7H20ClN2O2P. The van der Waals surface area contributed by atoms with Crippen LogP contribution in [0.3, 0.4) is 0 Å². The summed E-state index contributed by atoms with van der Waals surface area (Å²) in [5.74, 6) is 0. The SMILES string of the molecule is CC(C)N(C(C)C)[PH](O)(O)N(C)Cl. The molecule has 0 spiro atoms. The molecule has 0 saturated heterocycles. The van der Waals surface area contributed by atoms with E-state index in [9.17, 15) is 9.79 Å². The topological polar surface area (TPSA) is 46.9 Å². The van der Waals surface area contributed by atoms with Gasteiger partial charge in [-0.15, -0.1) is 0 Å². The van der Waals surface area contributed by atoms with Gasteiger partial charge in [-0.2, -0.15) is 0 Å². The summed E-state index contributed by atoms with van der Waals surface area (Å²) in [6.45, 7) is 7.65. The second-order valence-corrected chi connectivity index (χ2v) is 6.85. The van der Waals surface area contributed by atoms with Gasteiger partial charge in [-0.3, -0.25) is 0 Å². The van der Waals surface area contributed by atoms with Gasteiger partial charge in [0, 0.05) is 0 Å². The molecule has 0 aliphatic heterocycles. The van der Waals surface area contributed by atoms with Crippen molar-refractivity contribution in [2.75, 3.05) is 7.05 Å². The first-order chi connectivity index (χ1) is 5.71. The van der Waals surface area contributed by atoms with Crippen molar-refractivity contribution in [3.8, 4) is 0 Å². The summed E-state index contributed by atoms with van der Waals surface area (Å²) in [6.07, 6.45) is 0. The molecular weight excluding hydrogens is 211 g/mol. The number of hydrogen-bond acceptors (Lipinski definition) is 4. The monoisotopic (exact) mass is 230 g/mol. The Morgan fingerprint density at radius 1 is 1.08 bits per heavy atom. The van der Waals surface area contributed by atoms with Crippen molar-refractivity contribution in [2.45, 2.75) is 39.8 Å². The number of halogens is 1.